The van der Waals surface area contributed by atoms with Gasteiger partial charge in [-0.15, -0.1) is 0 Å². The molecular formula is C26H23FN8O3. The maximum absolute atomic E-state index is 13.8. The van der Waals surface area contributed by atoms with Crippen molar-refractivity contribution in [3.63, 3.8) is 0 Å². The number of benzene rings is 2. The van der Waals surface area contributed by atoms with Gasteiger partial charge in [0, 0.05) is 18.0 Å². The number of nitrogens with one attached hydrogen (secondary N) is 2. The number of aryl methyl sites for hydroxylation is 1. The van der Waals surface area contributed by atoms with E-state index in [4.69, 9.17) is 5.73 Å². The van der Waals surface area contributed by atoms with Crippen LogP contribution >= 0.6 is 0 Å². The highest BCUT2D eigenvalue weighted by Crippen LogP contribution is 2.26. The highest BCUT2D eigenvalue weighted by Gasteiger charge is 2.24. The number of aromatic hydroxyl groups is 1. The van der Waals surface area contributed by atoms with Crippen LogP contribution in [0.5, 0.6) is 5.75 Å². The highest BCUT2D eigenvalue weighted by molar-refractivity contribution is 6.10. The minimum absolute atomic E-state index is 0.0828. The summed E-state index contributed by atoms with van der Waals surface area (Å²) in [5.41, 5.74) is 7.63. The molecule has 0 aliphatic heterocycles. The molecule has 2 aromatic carbocycles. The number of hydrogen-bond acceptors (Lipinski definition) is 8. The van der Waals surface area contributed by atoms with Gasteiger partial charge in [-0.1, -0.05) is 18.2 Å². The summed E-state index contributed by atoms with van der Waals surface area (Å²) < 4.78 is 16.8. The van der Waals surface area contributed by atoms with Crippen molar-refractivity contribution in [3.8, 4) is 11.4 Å². The maximum atomic E-state index is 13.8. The van der Waals surface area contributed by atoms with Crippen LogP contribution in [0.2, 0.25) is 0 Å². The average Bonchev–Trinajstić information content (AvgIpc) is 3.27. The van der Waals surface area contributed by atoms with Crippen LogP contribution in [0, 0.1) is 12.7 Å². The number of rotatable bonds is 6. The van der Waals surface area contributed by atoms with E-state index >= 15 is 0 Å². The normalized spacial score (nSPS) is 11.9. The molecule has 38 heavy (non-hydrogen) atoms. The van der Waals surface area contributed by atoms with Crippen LogP contribution in [-0.4, -0.2) is 35.2 Å². The summed E-state index contributed by atoms with van der Waals surface area (Å²) in [5.74, 6) is -1.82. The van der Waals surface area contributed by atoms with Crippen LogP contribution < -0.4 is 21.9 Å². The van der Waals surface area contributed by atoms with Crippen LogP contribution in [0.1, 0.15) is 34.7 Å². The van der Waals surface area contributed by atoms with E-state index in [-0.39, 0.29) is 28.4 Å². The Hall–Kier alpha value is -5.26. The van der Waals surface area contributed by atoms with Gasteiger partial charge in [0.2, 0.25) is 0 Å². The van der Waals surface area contributed by atoms with E-state index in [1.165, 1.54) is 21.5 Å². The third-order valence-corrected chi connectivity index (χ3v) is 5.98. The first-order chi connectivity index (χ1) is 18.2. The van der Waals surface area contributed by atoms with Crippen molar-refractivity contribution < 1.29 is 14.3 Å². The number of nitrogens with two attached hydrogens (primary N) is 1. The van der Waals surface area contributed by atoms with Crippen LogP contribution in [-0.2, 0) is 0 Å². The number of nitrogen functional groups attached to an aromatic ring is 1. The second-order valence-electron chi connectivity index (χ2n) is 8.60. The first-order valence-corrected chi connectivity index (χ1v) is 11.6. The molecular weight excluding hydrogens is 491 g/mol. The third-order valence-electron chi connectivity index (χ3n) is 5.98. The summed E-state index contributed by atoms with van der Waals surface area (Å²) in [6, 6.07) is 13.7. The Morgan fingerprint density at radius 1 is 1.13 bits per heavy atom. The zero-order valence-corrected chi connectivity index (χ0v) is 20.4. The molecule has 0 bridgehead atoms. The molecule has 0 aliphatic carbocycles. The molecule has 0 saturated heterocycles. The minimum Gasteiger partial charge on any atom is -0.505 e. The minimum atomic E-state index is -0.896. The fraction of sp³-hybridized carbons (Fsp3) is 0.115. The molecule has 1 amide bonds. The predicted molar refractivity (Wildman–Crippen MR) is 140 cm³/mol. The lowest BCUT2D eigenvalue weighted by Crippen LogP contribution is -2.30. The molecule has 0 radical (unpaired) electrons. The number of phenols is 1. The number of aromatic nitrogens is 5. The number of carbonyl (C=O) groups is 1. The molecule has 1 unspecified atom stereocenters. The van der Waals surface area contributed by atoms with Crippen LogP contribution in [0.3, 0.4) is 0 Å². The van der Waals surface area contributed by atoms with E-state index in [1.54, 1.807) is 31.3 Å². The Balaban J connectivity index is 1.55. The van der Waals surface area contributed by atoms with Gasteiger partial charge < -0.3 is 21.5 Å². The van der Waals surface area contributed by atoms with Gasteiger partial charge in [0.25, 0.3) is 11.5 Å². The molecule has 0 spiro atoms. The van der Waals surface area contributed by atoms with Crippen molar-refractivity contribution in [1.82, 2.24) is 24.1 Å². The number of para-hydroxylation sites is 1. The lowest BCUT2D eigenvalue weighted by molar-refractivity contribution is 0.102. The van der Waals surface area contributed by atoms with Gasteiger partial charge in [-0.3, -0.25) is 14.2 Å². The van der Waals surface area contributed by atoms with Gasteiger partial charge in [0.05, 0.1) is 11.7 Å². The zero-order chi connectivity index (χ0) is 27.0. The molecule has 0 saturated carbocycles. The van der Waals surface area contributed by atoms with Gasteiger partial charge in [-0.05, 0) is 49.7 Å². The SMILES string of the molecule is Cc1ccn2nc(C(C)Nc3ncnc(N)c3C(=O)Nc3ccc(O)c(F)c3)n(-c3ccccc3)c(=O)c12. The van der Waals surface area contributed by atoms with E-state index < -0.39 is 23.5 Å². The standard InChI is InChI=1S/C26H23FN8O3/c1-14-10-11-34-21(14)26(38)35(17-6-4-3-5-7-17)24(33-34)15(2)31-23-20(22(28)29-13-30-23)25(37)32-16-8-9-19(36)18(27)12-16/h3-13,15,36H,1-2H3,(H,32,37)(H3,28,29,30,31). The number of carbonyl (C=O) groups excluding carboxylic acids is 1. The summed E-state index contributed by atoms with van der Waals surface area (Å²) in [7, 11) is 0. The van der Waals surface area contributed by atoms with Crippen LogP contribution in [0.25, 0.3) is 11.2 Å². The monoisotopic (exact) mass is 514 g/mol. The maximum Gasteiger partial charge on any atom is 0.282 e. The van der Waals surface area contributed by atoms with Gasteiger partial charge >= 0.3 is 0 Å². The number of phenolic OH excluding ortho intramolecular Hbond substituents is 1. The smallest absolute Gasteiger partial charge is 0.282 e. The molecule has 3 aromatic heterocycles. The van der Waals surface area contributed by atoms with Crippen molar-refractivity contribution in [1.29, 1.82) is 0 Å². The first kappa shape index (κ1) is 24.4. The van der Waals surface area contributed by atoms with Crippen molar-refractivity contribution in [3.05, 3.63) is 100 Å². The molecule has 3 heterocycles. The van der Waals surface area contributed by atoms with E-state index in [0.717, 1.165) is 17.7 Å². The number of fused-ring (bicyclic) bond motifs is 1. The number of halogens is 1. The molecule has 0 fully saturated rings. The Bertz CT molecular complexity index is 1730. The Labute approximate surface area is 215 Å². The fourth-order valence-corrected chi connectivity index (χ4v) is 4.12. The molecule has 11 nitrogen and oxygen atoms in total. The van der Waals surface area contributed by atoms with E-state index in [9.17, 15) is 19.1 Å². The second-order valence-corrected chi connectivity index (χ2v) is 8.60. The molecule has 5 rings (SSSR count). The number of amides is 1. The molecule has 1 atom stereocenters. The Kier molecular flexibility index (Phi) is 6.21. The van der Waals surface area contributed by atoms with Gasteiger partial charge in [-0.25, -0.2) is 18.9 Å². The summed E-state index contributed by atoms with van der Waals surface area (Å²) in [6.45, 7) is 3.60. The lowest BCUT2D eigenvalue weighted by Gasteiger charge is -2.21. The average molecular weight is 515 g/mol. The quantitative estimate of drug-likeness (QED) is 0.252. The molecule has 5 N–H and O–H groups in total. The summed E-state index contributed by atoms with van der Waals surface area (Å²) in [4.78, 5) is 34.8. The molecule has 5 aromatic rings. The summed E-state index contributed by atoms with van der Waals surface area (Å²) in [5, 5.41) is 19.8. The van der Waals surface area contributed by atoms with Crippen molar-refractivity contribution in [2.45, 2.75) is 19.9 Å². The Morgan fingerprint density at radius 3 is 2.63 bits per heavy atom. The van der Waals surface area contributed by atoms with Gasteiger partial charge in [0.1, 0.15) is 29.0 Å². The van der Waals surface area contributed by atoms with Crippen LogP contribution in [0.15, 0.2) is 71.9 Å². The zero-order valence-electron chi connectivity index (χ0n) is 20.4. The molecule has 12 heteroatoms. The van der Waals surface area contributed by atoms with Crippen molar-refractivity contribution in [2.24, 2.45) is 0 Å². The fourth-order valence-electron chi connectivity index (χ4n) is 4.12. The van der Waals surface area contributed by atoms with Crippen molar-refractivity contribution >= 4 is 28.7 Å². The first-order valence-electron chi connectivity index (χ1n) is 11.6. The predicted octanol–water partition coefficient (Wildman–Crippen LogP) is 3.44. The topological polar surface area (TPSA) is 152 Å². The number of nitrogens with zero attached hydrogens (tertiary/aromatic N) is 5. The number of hydrogen-bond donors (Lipinski definition) is 4. The molecule has 192 valence electrons. The summed E-state index contributed by atoms with van der Waals surface area (Å²) >= 11 is 0. The van der Waals surface area contributed by atoms with Gasteiger partial charge in [-0.2, -0.15) is 5.10 Å². The second kappa shape index (κ2) is 9.65. The van der Waals surface area contributed by atoms with E-state index in [1.807, 2.05) is 25.1 Å². The van der Waals surface area contributed by atoms with E-state index in [2.05, 4.69) is 25.7 Å². The van der Waals surface area contributed by atoms with E-state index in [0.29, 0.717) is 17.0 Å². The Morgan fingerprint density at radius 2 is 1.89 bits per heavy atom. The largest absolute Gasteiger partial charge is 0.505 e. The lowest BCUT2D eigenvalue weighted by atomic mass is 10.2. The van der Waals surface area contributed by atoms with Crippen LogP contribution in [0.4, 0.5) is 21.7 Å². The van der Waals surface area contributed by atoms with Gasteiger partial charge in [0.15, 0.2) is 17.4 Å². The van der Waals surface area contributed by atoms with Crippen molar-refractivity contribution in [2.75, 3.05) is 16.4 Å². The highest BCUT2D eigenvalue weighted by atomic mass is 19.1. The third kappa shape index (κ3) is 4.39. The summed E-state index contributed by atoms with van der Waals surface area (Å²) in [6.07, 6.45) is 2.90. The number of anilines is 3. The molecule has 0 aliphatic rings.